The van der Waals surface area contributed by atoms with Crippen molar-refractivity contribution in [2.75, 3.05) is 0 Å². The number of rotatable bonds is 2. The summed E-state index contributed by atoms with van der Waals surface area (Å²) in [4.78, 5) is 3.84. The van der Waals surface area contributed by atoms with Crippen LogP contribution < -0.4 is 0 Å². The number of nitrogens with zero attached hydrogens (tertiary/aromatic N) is 2. The molecule has 0 amide bonds. The first-order chi connectivity index (χ1) is 26.7. The van der Waals surface area contributed by atoms with Crippen LogP contribution >= 0.6 is 0 Å². The van der Waals surface area contributed by atoms with E-state index >= 15 is 0 Å². The van der Waals surface area contributed by atoms with Crippen LogP contribution in [0.3, 0.4) is 0 Å². The monoisotopic (exact) mass is 678 g/mol. The Kier molecular flexibility index (Phi) is 5.67. The molecule has 0 saturated carbocycles. The summed E-state index contributed by atoms with van der Waals surface area (Å²) in [6.45, 7) is 7.87. The molecule has 54 heavy (non-hydrogen) atoms. The third kappa shape index (κ3) is 3.76. The van der Waals surface area contributed by atoms with E-state index in [1.54, 1.807) is 0 Å². The Morgan fingerprint density at radius 2 is 0.926 bits per heavy atom. The van der Waals surface area contributed by atoms with Gasteiger partial charge in [0.25, 0.3) is 0 Å². The summed E-state index contributed by atoms with van der Waals surface area (Å²) in [6.07, 6.45) is 0. The molecule has 0 radical (unpaired) electrons. The van der Waals surface area contributed by atoms with Crippen molar-refractivity contribution < 1.29 is 0 Å². The van der Waals surface area contributed by atoms with Gasteiger partial charge in [-0.15, -0.1) is 0 Å². The highest BCUT2D eigenvalue weighted by molar-refractivity contribution is 6.29. The maximum Gasteiger partial charge on any atom is 0.187 e. The molecule has 0 saturated heterocycles. The van der Waals surface area contributed by atoms with Gasteiger partial charge in [0.15, 0.2) is 5.69 Å². The lowest BCUT2D eigenvalue weighted by molar-refractivity contribution is 1.48. The zero-order valence-electron chi connectivity index (χ0n) is 28.9. The maximum absolute atomic E-state index is 9.98. The normalized spacial score (nSPS) is 12.0. The first-order valence-corrected chi connectivity index (χ1v) is 18.3. The maximum atomic E-state index is 9.98. The number of fused-ring (bicyclic) bond motifs is 11. The predicted molar refractivity (Wildman–Crippen MR) is 225 cm³/mol. The molecular formula is C52H26N2. The molecule has 0 spiro atoms. The quantitative estimate of drug-likeness (QED) is 0.132. The molecule has 0 unspecified atom stereocenters. The first-order valence-electron chi connectivity index (χ1n) is 18.3. The molecule has 0 aromatic heterocycles. The molecular weight excluding hydrogens is 653 g/mol. The van der Waals surface area contributed by atoms with Gasteiger partial charge >= 0.3 is 0 Å². The summed E-state index contributed by atoms with van der Waals surface area (Å²) < 4.78 is 0. The molecule has 0 heterocycles. The van der Waals surface area contributed by atoms with E-state index < -0.39 is 0 Å². The van der Waals surface area contributed by atoms with E-state index in [9.17, 15) is 5.26 Å². The molecule has 0 aliphatic heterocycles. The molecule has 2 nitrogen and oxygen atoms in total. The van der Waals surface area contributed by atoms with Gasteiger partial charge in [0.1, 0.15) is 0 Å². The van der Waals surface area contributed by atoms with Crippen molar-refractivity contribution >= 4 is 59.5 Å². The smallest absolute Gasteiger partial charge is 0.187 e. The van der Waals surface area contributed by atoms with Gasteiger partial charge in [0.2, 0.25) is 0 Å². The summed E-state index contributed by atoms with van der Waals surface area (Å²) >= 11 is 0. The Labute approximate surface area is 311 Å². The second-order valence-corrected chi connectivity index (χ2v) is 14.6. The van der Waals surface area contributed by atoms with E-state index in [0.717, 1.165) is 27.6 Å². The highest BCUT2D eigenvalue weighted by Crippen LogP contribution is 2.56. The van der Waals surface area contributed by atoms with Crippen molar-refractivity contribution in [2.45, 2.75) is 0 Å². The molecule has 10 aromatic rings. The Bertz CT molecular complexity index is 3450. The number of hydrogen-bond donors (Lipinski definition) is 0. The third-order valence-corrected chi connectivity index (χ3v) is 11.9. The van der Waals surface area contributed by atoms with E-state index in [4.69, 9.17) is 6.57 Å². The van der Waals surface area contributed by atoms with Crippen molar-refractivity contribution in [3.8, 4) is 72.8 Å². The van der Waals surface area contributed by atoms with E-state index in [1.165, 1.54) is 93.0 Å². The van der Waals surface area contributed by atoms with Gasteiger partial charge in [-0.05, 0) is 163 Å². The zero-order valence-corrected chi connectivity index (χ0v) is 28.9. The molecule has 0 fully saturated rings. The van der Waals surface area contributed by atoms with Crippen LogP contribution in [-0.4, -0.2) is 0 Å². The molecule has 244 valence electrons. The molecule has 2 aliphatic carbocycles. The van der Waals surface area contributed by atoms with Gasteiger partial charge in [-0.1, -0.05) is 115 Å². The zero-order chi connectivity index (χ0) is 35.7. The van der Waals surface area contributed by atoms with Crippen LogP contribution in [0.15, 0.2) is 158 Å². The number of hydrogen-bond acceptors (Lipinski definition) is 1. The minimum Gasteiger partial charge on any atom is -0.238 e. The summed E-state index contributed by atoms with van der Waals surface area (Å²) in [6, 6.07) is 59.1. The van der Waals surface area contributed by atoms with Crippen LogP contribution in [-0.2, 0) is 0 Å². The lowest BCUT2D eigenvalue weighted by Crippen LogP contribution is -1.92. The largest absolute Gasteiger partial charge is 0.238 e. The Morgan fingerprint density at radius 1 is 0.389 bits per heavy atom. The fourth-order valence-corrected chi connectivity index (χ4v) is 9.68. The van der Waals surface area contributed by atoms with Crippen molar-refractivity contribution in [3.05, 3.63) is 175 Å². The van der Waals surface area contributed by atoms with Gasteiger partial charge < -0.3 is 0 Å². The van der Waals surface area contributed by atoms with Crippen molar-refractivity contribution in [3.63, 3.8) is 0 Å². The van der Waals surface area contributed by atoms with Gasteiger partial charge in [0, 0.05) is 0 Å². The van der Waals surface area contributed by atoms with E-state index in [2.05, 4.69) is 132 Å². The minimum atomic E-state index is 0.628. The van der Waals surface area contributed by atoms with Gasteiger partial charge in [-0.2, -0.15) is 5.26 Å². The predicted octanol–water partition coefficient (Wildman–Crippen LogP) is 14.5. The summed E-state index contributed by atoms with van der Waals surface area (Å²) in [5.74, 6) is 0. The van der Waals surface area contributed by atoms with Crippen LogP contribution in [0.4, 0.5) is 5.69 Å². The molecule has 0 atom stereocenters. The fourth-order valence-electron chi connectivity index (χ4n) is 9.68. The van der Waals surface area contributed by atoms with E-state index in [-0.39, 0.29) is 0 Å². The molecule has 2 heteroatoms. The summed E-state index contributed by atoms with van der Waals surface area (Å²) in [5.41, 5.74) is 15.6. The van der Waals surface area contributed by atoms with Crippen LogP contribution in [0.5, 0.6) is 0 Å². The fraction of sp³-hybridized carbons (Fsp3) is 0. The highest BCUT2D eigenvalue weighted by Gasteiger charge is 2.28. The average molecular weight is 679 g/mol. The SMILES string of the molecule is [C-]#[N+]c1cccc(-c2c3c(cc4c2ccc2c5cc6c(cc5c(-c5cccc(C#N)c5)cc42)-c2cccc4cccc-6c24)-c2cccc4cccc-3c24)c1. The number of nitriles is 1. The third-order valence-electron chi connectivity index (χ3n) is 11.9. The molecule has 10 aromatic carbocycles. The first kappa shape index (κ1) is 29.1. The standard InChI is InChI=1S/C52H26N2/c1-54-34-15-3-14-33(23-34)51-39-21-20-35-42(46(39)27-48-38-18-6-11-31-12-7-19-40(50(31)38)52(48)51)24-41(32-13-2-8-29(22-32)28-53)47-26-45-37-17-5-10-30-9-4-16-36(49(30)37)44(45)25-43(35)47/h2-27H. The lowest BCUT2D eigenvalue weighted by Gasteiger charge is -2.19. The molecule has 0 bridgehead atoms. The van der Waals surface area contributed by atoms with Gasteiger partial charge in [-0.3, -0.25) is 0 Å². The summed E-state index contributed by atoms with van der Waals surface area (Å²) in [5, 5.41) is 22.1. The van der Waals surface area contributed by atoms with Gasteiger partial charge in [0.05, 0.1) is 18.2 Å². The Balaban J connectivity index is 1.27. The van der Waals surface area contributed by atoms with E-state index in [1.807, 2.05) is 36.4 Å². The Morgan fingerprint density at radius 3 is 1.65 bits per heavy atom. The van der Waals surface area contributed by atoms with Crippen molar-refractivity contribution in [1.29, 1.82) is 5.26 Å². The van der Waals surface area contributed by atoms with Crippen LogP contribution in [0.1, 0.15) is 5.56 Å². The number of benzene rings is 10. The minimum absolute atomic E-state index is 0.628. The molecule has 2 aliphatic rings. The topological polar surface area (TPSA) is 28.1 Å². The second kappa shape index (κ2) is 10.5. The van der Waals surface area contributed by atoms with Crippen LogP contribution in [0, 0.1) is 17.9 Å². The Hall–Kier alpha value is -7.52. The second-order valence-electron chi connectivity index (χ2n) is 14.6. The average Bonchev–Trinajstić information content (AvgIpc) is 3.72. The lowest BCUT2D eigenvalue weighted by atomic mass is 9.84. The van der Waals surface area contributed by atoms with Crippen molar-refractivity contribution in [2.24, 2.45) is 0 Å². The molecule has 0 N–H and O–H groups in total. The van der Waals surface area contributed by atoms with E-state index in [0.29, 0.717) is 11.3 Å². The van der Waals surface area contributed by atoms with Crippen molar-refractivity contribution in [1.82, 2.24) is 0 Å². The van der Waals surface area contributed by atoms with Gasteiger partial charge in [-0.25, -0.2) is 4.85 Å². The highest BCUT2D eigenvalue weighted by atomic mass is 14.6. The summed E-state index contributed by atoms with van der Waals surface area (Å²) in [7, 11) is 0. The molecule has 12 rings (SSSR count). The van der Waals surface area contributed by atoms with Crippen LogP contribution in [0.2, 0.25) is 0 Å². The van der Waals surface area contributed by atoms with Crippen LogP contribution in [0.25, 0.3) is 125 Å².